The van der Waals surface area contributed by atoms with Crippen LogP contribution in [0.25, 0.3) is 0 Å². The number of hydrogen-bond donors (Lipinski definition) is 1. The molecular weight excluding hydrogens is 198 g/mol. The van der Waals surface area contributed by atoms with Gasteiger partial charge in [0.25, 0.3) is 0 Å². The molecule has 2 heterocycles. The van der Waals surface area contributed by atoms with E-state index in [1.807, 2.05) is 13.2 Å². The monoisotopic (exact) mass is 213 g/mol. The van der Waals surface area contributed by atoms with E-state index < -0.39 is 0 Å². The maximum atomic E-state index is 6.11. The lowest BCUT2D eigenvalue weighted by atomic mass is 10.1. The lowest BCUT2D eigenvalue weighted by Gasteiger charge is -2.13. The minimum Gasteiger partial charge on any atom is -0.309 e. The molecule has 1 N–H and O–H groups in total. The Kier molecular flexibility index (Phi) is 3.08. The number of nitrogens with zero attached hydrogens (tertiary/aromatic N) is 2. The number of aryl methyl sites for hydroxylation is 1. The predicted molar refractivity (Wildman–Crippen MR) is 57.4 cm³/mol. The molecule has 0 bridgehead atoms. The third kappa shape index (κ3) is 2.10. The Morgan fingerprint density at radius 3 is 3.07 bits per heavy atom. The standard InChI is InChI=1S/C10H16ClN3/c1-14-7-8(11)10(13-14)9-5-3-2-4-6-12-9/h7,9,12H,2-6H2,1H3. The van der Waals surface area contributed by atoms with Gasteiger partial charge in [0.05, 0.1) is 16.8 Å². The molecule has 1 fully saturated rings. The van der Waals surface area contributed by atoms with Crippen LogP contribution in [0.15, 0.2) is 6.20 Å². The van der Waals surface area contributed by atoms with Crippen molar-refractivity contribution in [2.45, 2.75) is 31.7 Å². The molecule has 0 aromatic carbocycles. The van der Waals surface area contributed by atoms with E-state index in [4.69, 9.17) is 11.6 Å². The van der Waals surface area contributed by atoms with E-state index in [1.165, 1.54) is 19.3 Å². The molecule has 1 saturated heterocycles. The molecule has 2 rings (SSSR count). The first-order valence-electron chi connectivity index (χ1n) is 5.20. The molecule has 1 aliphatic rings. The van der Waals surface area contributed by atoms with E-state index in [0.29, 0.717) is 6.04 Å². The van der Waals surface area contributed by atoms with Crippen LogP contribution < -0.4 is 5.32 Å². The van der Waals surface area contributed by atoms with Gasteiger partial charge in [-0.3, -0.25) is 4.68 Å². The highest BCUT2D eigenvalue weighted by Gasteiger charge is 2.19. The van der Waals surface area contributed by atoms with E-state index >= 15 is 0 Å². The minimum atomic E-state index is 0.353. The van der Waals surface area contributed by atoms with Crippen molar-refractivity contribution < 1.29 is 0 Å². The van der Waals surface area contributed by atoms with Crippen LogP contribution in [-0.4, -0.2) is 16.3 Å². The quantitative estimate of drug-likeness (QED) is 0.776. The van der Waals surface area contributed by atoms with E-state index in [9.17, 15) is 0 Å². The molecule has 4 heteroatoms. The molecule has 1 aromatic rings. The lowest BCUT2D eigenvalue weighted by molar-refractivity contribution is 0.514. The SMILES string of the molecule is Cn1cc(Cl)c(C2CCCCCN2)n1. The van der Waals surface area contributed by atoms with Crippen LogP contribution in [0.1, 0.15) is 37.4 Å². The van der Waals surface area contributed by atoms with Crippen molar-refractivity contribution in [2.24, 2.45) is 7.05 Å². The normalized spacial score (nSPS) is 23.4. The Balaban J connectivity index is 2.15. The molecular formula is C10H16ClN3. The fraction of sp³-hybridized carbons (Fsp3) is 0.700. The Bertz CT molecular complexity index is 300. The molecule has 0 spiro atoms. The molecule has 1 atom stereocenters. The van der Waals surface area contributed by atoms with Crippen molar-refractivity contribution in [3.63, 3.8) is 0 Å². The van der Waals surface area contributed by atoms with E-state index in [2.05, 4.69) is 10.4 Å². The van der Waals surface area contributed by atoms with Gasteiger partial charge < -0.3 is 5.32 Å². The molecule has 0 saturated carbocycles. The van der Waals surface area contributed by atoms with Crippen molar-refractivity contribution in [1.29, 1.82) is 0 Å². The summed E-state index contributed by atoms with van der Waals surface area (Å²) < 4.78 is 1.78. The molecule has 0 aliphatic carbocycles. The van der Waals surface area contributed by atoms with E-state index in [-0.39, 0.29) is 0 Å². The van der Waals surface area contributed by atoms with Gasteiger partial charge in [-0.2, -0.15) is 5.10 Å². The second-order valence-electron chi connectivity index (χ2n) is 3.89. The van der Waals surface area contributed by atoms with Gasteiger partial charge in [-0.1, -0.05) is 24.4 Å². The van der Waals surface area contributed by atoms with Gasteiger partial charge in [0, 0.05) is 13.2 Å². The van der Waals surface area contributed by atoms with Gasteiger partial charge in [0.1, 0.15) is 0 Å². The number of rotatable bonds is 1. The molecule has 78 valence electrons. The molecule has 0 radical (unpaired) electrons. The van der Waals surface area contributed by atoms with Crippen LogP contribution in [0.2, 0.25) is 5.02 Å². The molecule has 0 amide bonds. The topological polar surface area (TPSA) is 29.9 Å². The highest BCUT2D eigenvalue weighted by molar-refractivity contribution is 6.31. The summed E-state index contributed by atoms with van der Waals surface area (Å²) in [6, 6.07) is 0.353. The molecule has 1 unspecified atom stereocenters. The van der Waals surface area contributed by atoms with Gasteiger partial charge in [-0.15, -0.1) is 0 Å². The summed E-state index contributed by atoms with van der Waals surface area (Å²) in [5.74, 6) is 0. The maximum absolute atomic E-state index is 6.11. The molecule has 3 nitrogen and oxygen atoms in total. The first-order valence-corrected chi connectivity index (χ1v) is 5.57. The number of nitrogens with one attached hydrogen (secondary N) is 1. The van der Waals surface area contributed by atoms with Crippen molar-refractivity contribution in [2.75, 3.05) is 6.54 Å². The largest absolute Gasteiger partial charge is 0.309 e. The first-order chi connectivity index (χ1) is 6.77. The second kappa shape index (κ2) is 4.32. The van der Waals surface area contributed by atoms with Gasteiger partial charge >= 0.3 is 0 Å². The Hall–Kier alpha value is -0.540. The van der Waals surface area contributed by atoms with Gasteiger partial charge in [-0.25, -0.2) is 0 Å². The summed E-state index contributed by atoms with van der Waals surface area (Å²) in [7, 11) is 1.91. The summed E-state index contributed by atoms with van der Waals surface area (Å²) in [6.45, 7) is 1.08. The zero-order valence-electron chi connectivity index (χ0n) is 8.46. The molecule has 14 heavy (non-hydrogen) atoms. The zero-order chi connectivity index (χ0) is 9.97. The third-order valence-corrected chi connectivity index (χ3v) is 2.99. The smallest absolute Gasteiger partial charge is 0.0979 e. The minimum absolute atomic E-state index is 0.353. The van der Waals surface area contributed by atoms with Crippen LogP contribution in [0.4, 0.5) is 0 Å². The predicted octanol–water partition coefficient (Wildman–Crippen LogP) is 2.28. The number of hydrogen-bond acceptors (Lipinski definition) is 2. The molecule has 1 aromatic heterocycles. The van der Waals surface area contributed by atoms with Crippen molar-refractivity contribution >= 4 is 11.6 Å². The summed E-state index contributed by atoms with van der Waals surface area (Å²) in [6.07, 6.45) is 6.86. The van der Waals surface area contributed by atoms with Gasteiger partial charge in [-0.05, 0) is 19.4 Å². The summed E-state index contributed by atoms with van der Waals surface area (Å²) in [4.78, 5) is 0. The van der Waals surface area contributed by atoms with E-state index in [1.54, 1.807) is 4.68 Å². The summed E-state index contributed by atoms with van der Waals surface area (Å²) >= 11 is 6.11. The Labute approximate surface area is 89.4 Å². The van der Waals surface area contributed by atoms with Crippen molar-refractivity contribution in [3.8, 4) is 0 Å². The summed E-state index contributed by atoms with van der Waals surface area (Å²) in [5.41, 5.74) is 1.01. The maximum Gasteiger partial charge on any atom is 0.0979 e. The third-order valence-electron chi connectivity index (χ3n) is 2.70. The Morgan fingerprint density at radius 1 is 1.50 bits per heavy atom. The van der Waals surface area contributed by atoms with E-state index in [0.717, 1.165) is 23.7 Å². The fourth-order valence-electron chi connectivity index (χ4n) is 1.97. The average Bonchev–Trinajstić information content (AvgIpc) is 2.43. The van der Waals surface area contributed by atoms with Gasteiger partial charge in [0.15, 0.2) is 0 Å². The number of aromatic nitrogens is 2. The average molecular weight is 214 g/mol. The fourth-order valence-corrected chi connectivity index (χ4v) is 2.29. The lowest BCUT2D eigenvalue weighted by Crippen LogP contribution is -2.21. The van der Waals surface area contributed by atoms with Crippen LogP contribution in [0.5, 0.6) is 0 Å². The first kappa shape index (κ1) is 9.99. The molecule has 1 aliphatic heterocycles. The highest BCUT2D eigenvalue weighted by atomic mass is 35.5. The summed E-state index contributed by atoms with van der Waals surface area (Å²) in [5, 5.41) is 8.67. The Morgan fingerprint density at radius 2 is 2.36 bits per heavy atom. The highest BCUT2D eigenvalue weighted by Crippen LogP contribution is 2.26. The van der Waals surface area contributed by atoms with Crippen LogP contribution in [-0.2, 0) is 7.05 Å². The van der Waals surface area contributed by atoms with Crippen LogP contribution in [0.3, 0.4) is 0 Å². The number of halogens is 1. The van der Waals surface area contributed by atoms with Gasteiger partial charge in [0.2, 0.25) is 0 Å². The zero-order valence-corrected chi connectivity index (χ0v) is 9.22. The van der Waals surface area contributed by atoms with Crippen LogP contribution in [0, 0.1) is 0 Å². The van der Waals surface area contributed by atoms with Crippen molar-refractivity contribution in [3.05, 3.63) is 16.9 Å². The van der Waals surface area contributed by atoms with Crippen molar-refractivity contribution in [1.82, 2.24) is 15.1 Å². The second-order valence-corrected chi connectivity index (χ2v) is 4.30. The van der Waals surface area contributed by atoms with Crippen LogP contribution >= 0.6 is 11.6 Å².